The van der Waals surface area contributed by atoms with Crippen LogP contribution in [0.3, 0.4) is 0 Å². The van der Waals surface area contributed by atoms with Gasteiger partial charge in [-0.2, -0.15) is 0 Å². The topological polar surface area (TPSA) is 34.1 Å². The van der Waals surface area contributed by atoms with E-state index in [0.717, 1.165) is 25.5 Å². The van der Waals surface area contributed by atoms with Crippen molar-refractivity contribution < 1.29 is 9.59 Å². The Morgan fingerprint density at radius 3 is 2.67 bits per heavy atom. The summed E-state index contributed by atoms with van der Waals surface area (Å²) in [6, 6.07) is 0. The van der Waals surface area contributed by atoms with Crippen LogP contribution in [0.25, 0.3) is 0 Å². The van der Waals surface area contributed by atoms with Gasteiger partial charge in [0.1, 0.15) is 12.1 Å². The third-order valence-electron chi connectivity index (χ3n) is 2.83. The van der Waals surface area contributed by atoms with Crippen LogP contribution in [0.4, 0.5) is 0 Å². The van der Waals surface area contributed by atoms with E-state index in [2.05, 4.69) is 0 Å². The number of Topliss-reactive ketones (excluding diaryl/α,β-unsaturated/α-hetero) is 1. The highest BCUT2D eigenvalue weighted by Gasteiger charge is 2.27. The number of aldehydes is 1. The molecule has 0 bridgehead atoms. The second-order valence-corrected chi connectivity index (χ2v) is 3.66. The third kappa shape index (κ3) is 2.16. The summed E-state index contributed by atoms with van der Waals surface area (Å²) in [5, 5.41) is 0. The van der Waals surface area contributed by atoms with E-state index < -0.39 is 0 Å². The van der Waals surface area contributed by atoms with E-state index in [0.29, 0.717) is 12.3 Å². The fourth-order valence-corrected chi connectivity index (χ4v) is 2.15. The van der Waals surface area contributed by atoms with Crippen molar-refractivity contribution >= 4 is 12.1 Å². The van der Waals surface area contributed by atoms with Crippen molar-refractivity contribution in [2.45, 2.75) is 39.0 Å². The van der Waals surface area contributed by atoms with Gasteiger partial charge in [-0.05, 0) is 25.7 Å². The minimum Gasteiger partial charge on any atom is -0.303 e. The maximum absolute atomic E-state index is 11.2. The standard InChI is InChI=1S/C10H16O2/c1-8(12)10-5-3-2-4-9(10)6-7-11/h7,9-10H,2-6H2,1H3/t9-,10-/m0/s1. The second kappa shape index (κ2) is 4.39. The molecular formula is C10H16O2. The van der Waals surface area contributed by atoms with Gasteiger partial charge in [0.2, 0.25) is 0 Å². The molecule has 1 saturated carbocycles. The van der Waals surface area contributed by atoms with Crippen molar-refractivity contribution in [1.29, 1.82) is 0 Å². The predicted molar refractivity (Wildman–Crippen MR) is 46.8 cm³/mol. The van der Waals surface area contributed by atoms with E-state index >= 15 is 0 Å². The van der Waals surface area contributed by atoms with Crippen LogP contribution in [0.2, 0.25) is 0 Å². The minimum absolute atomic E-state index is 0.170. The Morgan fingerprint density at radius 2 is 2.08 bits per heavy atom. The lowest BCUT2D eigenvalue weighted by molar-refractivity contribution is -0.123. The van der Waals surface area contributed by atoms with Crippen molar-refractivity contribution in [2.24, 2.45) is 11.8 Å². The molecule has 0 aliphatic heterocycles. The van der Waals surface area contributed by atoms with Gasteiger partial charge in [-0.3, -0.25) is 4.79 Å². The van der Waals surface area contributed by atoms with E-state index in [-0.39, 0.29) is 11.7 Å². The van der Waals surface area contributed by atoms with Gasteiger partial charge in [-0.25, -0.2) is 0 Å². The van der Waals surface area contributed by atoms with E-state index in [1.165, 1.54) is 6.42 Å². The molecule has 0 spiro atoms. The molecule has 0 unspecified atom stereocenters. The van der Waals surface area contributed by atoms with E-state index in [1.807, 2.05) is 0 Å². The molecule has 2 nitrogen and oxygen atoms in total. The predicted octanol–water partition coefficient (Wildman–Crippen LogP) is 1.97. The molecule has 0 saturated heterocycles. The maximum atomic E-state index is 11.2. The number of hydrogen-bond donors (Lipinski definition) is 0. The normalized spacial score (nSPS) is 29.8. The molecule has 0 radical (unpaired) electrons. The van der Waals surface area contributed by atoms with Gasteiger partial charge in [-0.1, -0.05) is 12.8 Å². The number of rotatable bonds is 3. The van der Waals surface area contributed by atoms with Crippen molar-refractivity contribution in [1.82, 2.24) is 0 Å². The summed E-state index contributed by atoms with van der Waals surface area (Å²) in [5.74, 6) is 0.777. The summed E-state index contributed by atoms with van der Waals surface area (Å²) in [6.45, 7) is 1.65. The molecule has 2 atom stereocenters. The molecule has 0 aromatic carbocycles. The van der Waals surface area contributed by atoms with Gasteiger partial charge in [-0.15, -0.1) is 0 Å². The van der Waals surface area contributed by atoms with Crippen molar-refractivity contribution in [3.8, 4) is 0 Å². The zero-order valence-corrected chi connectivity index (χ0v) is 7.58. The summed E-state index contributed by atoms with van der Waals surface area (Å²) in [7, 11) is 0. The first-order valence-electron chi connectivity index (χ1n) is 4.69. The second-order valence-electron chi connectivity index (χ2n) is 3.66. The first kappa shape index (κ1) is 9.43. The Kier molecular flexibility index (Phi) is 3.45. The summed E-state index contributed by atoms with van der Waals surface area (Å²) in [6.07, 6.45) is 5.91. The fraction of sp³-hybridized carbons (Fsp3) is 0.800. The molecular weight excluding hydrogens is 152 g/mol. The van der Waals surface area contributed by atoms with Crippen LogP contribution in [0.5, 0.6) is 0 Å². The lowest BCUT2D eigenvalue weighted by atomic mass is 9.76. The van der Waals surface area contributed by atoms with Crippen LogP contribution in [-0.2, 0) is 9.59 Å². The highest BCUT2D eigenvalue weighted by Crippen LogP contribution is 2.32. The van der Waals surface area contributed by atoms with Crippen molar-refractivity contribution in [2.75, 3.05) is 0 Å². The van der Waals surface area contributed by atoms with Crippen LogP contribution in [-0.4, -0.2) is 12.1 Å². The van der Waals surface area contributed by atoms with Gasteiger partial charge in [0.15, 0.2) is 0 Å². The van der Waals surface area contributed by atoms with Crippen LogP contribution in [0.1, 0.15) is 39.0 Å². The molecule has 1 aliphatic carbocycles. The SMILES string of the molecule is CC(=O)[C@@H]1CCCC[C@H]1CC=O. The Labute approximate surface area is 73.3 Å². The van der Waals surface area contributed by atoms with E-state index in [9.17, 15) is 9.59 Å². The van der Waals surface area contributed by atoms with Gasteiger partial charge in [0.25, 0.3) is 0 Å². The van der Waals surface area contributed by atoms with Gasteiger partial charge >= 0.3 is 0 Å². The molecule has 12 heavy (non-hydrogen) atoms. The Hall–Kier alpha value is -0.660. The van der Waals surface area contributed by atoms with Crippen LogP contribution in [0.15, 0.2) is 0 Å². The van der Waals surface area contributed by atoms with Crippen LogP contribution < -0.4 is 0 Å². The molecule has 0 aromatic heterocycles. The number of carbonyl (C=O) groups excluding carboxylic acids is 2. The highest BCUT2D eigenvalue weighted by atomic mass is 16.1. The first-order chi connectivity index (χ1) is 5.75. The number of carbonyl (C=O) groups is 2. The Morgan fingerprint density at radius 1 is 1.42 bits per heavy atom. The minimum atomic E-state index is 0.170. The molecule has 1 fully saturated rings. The van der Waals surface area contributed by atoms with E-state index in [1.54, 1.807) is 6.92 Å². The molecule has 0 amide bonds. The summed E-state index contributed by atoms with van der Waals surface area (Å²) >= 11 is 0. The quantitative estimate of drug-likeness (QED) is 0.604. The molecule has 0 aromatic rings. The molecule has 2 heteroatoms. The number of hydrogen-bond acceptors (Lipinski definition) is 2. The first-order valence-corrected chi connectivity index (χ1v) is 4.69. The van der Waals surface area contributed by atoms with Gasteiger partial charge in [0.05, 0.1) is 0 Å². The summed E-state index contributed by atoms with van der Waals surface area (Å²) < 4.78 is 0. The lowest BCUT2D eigenvalue weighted by Gasteiger charge is -2.28. The fourth-order valence-electron chi connectivity index (χ4n) is 2.15. The molecule has 0 N–H and O–H groups in total. The van der Waals surface area contributed by atoms with Crippen LogP contribution >= 0.6 is 0 Å². The Bertz CT molecular complexity index is 175. The average Bonchev–Trinajstić information content (AvgIpc) is 2.05. The van der Waals surface area contributed by atoms with Gasteiger partial charge < -0.3 is 4.79 Å². The third-order valence-corrected chi connectivity index (χ3v) is 2.83. The molecule has 0 heterocycles. The zero-order chi connectivity index (χ0) is 8.97. The smallest absolute Gasteiger partial charge is 0.133 e. The zero-order valence-electron chi connectivity index (χ0n) is 7.58. The van der Waals surface area contributed by atoms with E-state index in [4.69, 9.17) is 0 Å². The summed E-state index contributed by atoms with van der Waals surface area (Å²) in [4.78, 5) is 21.5. The lowest BCUT2D eigenvalue weighted by Crippen LogP contribution is -2.25. The Balaban J connectivity index is 2.53. The van der Waals surface area contributed by atoms with Crippen molar-refractivity contribution in [3.63, 3.8) is 0 Å². The van der Waals surface area contributed by atoms with Crippen LogP contribution in [0, 0.1) is 11.8 Å². The van der Waals surface area contributed by atoms with Crippen molar-refractivity contribution in [3.05, 3.63) is 0 Å². The number of ketones is 1. The van der Waals surface area contributed by atoms with Gasteiger partial charge in [0, 0.05) is 12.3 Å². The largest absolute Gasteiger partial charge is 0.303 e. The summed E-state index contributed by atoms with van der Waals surface area (Å²) in [5.41, 5.74) is 0. The highest BCUT2D eigenvalue weighted by molar-refractivity contribution is 5.79. The molecule has 1 aliphatic rings. The molecule has 1 rings (SSSR count). The maximum Gasteiger partial charge on any atom is 0.133 e. The monoisotopic (exact) mass is 168 g/mol. The average molecular weight is 168 g/mol. The molecule has 68 valence electrons.